The van der Waals surface area contributed by atoms with Gasteiger partial charge in [-0.3, -0.25) is 5.32 Å². The van der Waals surface area contributed by atoms with E-state index in [-0.39, 0.29) is 12.6 Å². The van der Waals surface area contributed by atoms with E-state index in [4.69, 9.17) is 4.74 Å². The average Bonchev–Trinajstić information content (AvgIpc) is 2.89. The number of ether oxygens (including phenoxy) is 1. The molecule has 0 amide bonds. The summed E-state index contributed by atoms with van der Waals surface area (Å²) < 4.78 is 6.33. The quantitative estimate of drug-likeness (QED) is 0.831. The SMILES string of the molecule is O=C(OCc1cccc(Br)c1)c1cc2c(s1)NCNC2. The van der Waals surface area contributed by atoms with Crippen LogP contribution in [0.25, 0.3) is 0 Å². The second-order valence-electron chi connectivity index (χ2n) is 4.45. The van der Waals surface area contributed by atoms with Crippen LogP contribution in [0.1, 0.15) is 20.8 Å². The second kappa shape index (κ2) is 5.95. The molecule has 20 heavy (non-hydrogen) atoms. The fourth-order valence-corrected chi connectivity index (χ4v) is 3.41. The number of rotatable bonds is 3. The van der Waals surface area contributed by atoms with E-state index in [2.05, 4.69) is 26.6 Å². The predicted molar refractivity (Wildman–Crippen MR) is 82.9 cm³/mol. The summed E-state index contributed by atoms with van der Waals surface area (Å²) in [4.78, 5) is 12.7. The van der Waals surface area contributed by atoms with Crippen molar-refractivity contribution >= 4 is 38.2 Å². The number of halogens is 1. The van der Waals surface area contributed by atoms with E-state index in [9.17, 15) is 4.79 Å². The van der Waals surface area contributed by atoms with Crippen LogP contribution >= 0.6 is 27.3 Å². The van der Waals surface area contributed by atoms with Crippen LogP contribution in [-0.4, -0.2) is 12.6 Å². The standard InChI is InChI=1S/C14H13BrN2O2S/c15-11-3-1-2-9(4-11)7-19-14(18)12-5-10-6-16-8-17-13(10)20-12/h1-5,16-17H,6-8H2. The van der Waals surface area contributed by atoms with Crippen LogP contribution < -0.4 is 10.6 Å². The maximum absolute atomic E-state index is 12.0. The highest BCUT2D eigenvalue weighted by Crippen LogP contribution is 2.30. The first-order valence-electron chi connectivity index (χ1n) is 6.21. The number of thiophene rings is 1. The number of hydrogen-bond donors (Lipinski definition) is 2. The van der Waals surface area contributed by atoms with Crippen LogP contribution in [-0.2, 0) is 17.9 Å². The zero-order chi connectivity index (χ0) is 13.9. The molecule has 1 aromatic carbocycles. The number of benzene rings is 1. The van der Waals surface area contributed by atoms with Gasteiger partial charge in [0.2, 0.25) is 0 Å². The zero-order valence-electron chi connectivity index (χ0n) is 10.6. The lowest BCUT2D eigenvalue weighted by atomic mass is 10.2. The maximum atomic E-state index is 12.0. The molecule has 0 spiro atoms. The van der Waals surface area contributed by atoms with Crippen LogP contribution in [0.2, 0.25) is 0 Å². The van der Waals surface area contributed by atoms with Crippen molar-refractivity contribution in [3.05, 3.63) is 50.8 Å². The zero-order valence-corrected chi connectivity index (χ0v) is 13.0. The first kappa shape index (κ1) is 13.6. The summed E-state index contributed by atoms with van der Waals surface area (Å²) in [5, 5.41) is 7.46. The van der Waals surface area contributed by atoms with Crippen molar-refractivity contribution in [3.63, 3.8) is 0 Å². The van der Waals surface area contributed by atoms with Crippen LogP contribution in [0.3, 0.4) is 0 Å². The number of carbonyl (C=O) groups is 1. The highest BCUT2D eigenvalue weighted by atomic mass is 79.9. The Morgan fingerprint density at radius 3 is 3.10 bits per heavy atom. The van der Waals surface area contributed by atoms with Crippen LogP contribution in [0.5, 0.6) is 0 Å². The molecule has 1 aromatic heterocycles. The summed E-state index contributed by atoms with van der Waals surface area (Å²) in [5.41, 5.74) is 2.09. The Bertz CT molecular complexity index is 618. The fourth-order valence-electron chi connectivity index (χ4n) is 2.00. The molecule has 0 saturated heterocycles. The number of esters is 1. The molecule has 0 aliphatic carbocycles. The van der Waals surface area contributed by atoms with E-state index in [0.29, 0.717) is 4.88 Å². The minimum Gasteiger partial charge on any atom is -0.457 e. The Hall–Kier alpha value is -1.37. The first-order chi connectivity index (χ1) is 9.72. The Morgan fingerprint density at radius 1 is 1.40 bits per heavy atom. The van der Waals surface area contributed by atoms with Crippen LogP contribution in [0, 0.1) is 0 Å². The van der Waals surface area contributed by atoms with E-state index in [1.807, 2.05) is 30.3 Å². The number of fused-ring (bicyclic) bond motifs is 1. The molecule has 6 heteroatoms. The minimum atomic E-state index is -0.272. The van der Waals surface area contributed by atoms with Gasteiger partial charge in [-0.15, -0.1) is 11.3 Å². The monoisotopic (exact) mass is 352 g/mol. The largest absolute Gasteiger partial charge is 0.457 e. The van der Waals surface area contributed by atoms with E-state index < -0.39 is 0 Å². The minimum absolute atomic E-state index is 0.272. The molecule has 0 radical (unpaired) electrons. The molecule has 2 aromatic rings. The van der Waals surface area contributed by atoms with Gasteiger partial charge in [0.15, 0.2) is 0 Å². The highest BCUT2D eigenvalue weighted by Gasteiger charge is 2.17. The number of anilines is 1. The van der Waals surface area contributed by atoms with Crippen molar-refractivity contribution in [2.24, 2.45) is 0 Å². The van der Waals surface area contributed by atoms with Crippen molar-refractivity contribution in [1.82, 2.24) is 5.32 Å². The van der Waals surface area contributed by atoms with Gasteiger partial charge in [0.05, 0.1) is 11.7 Å². The molecule has 4 nitrogen and oxygen atoms in total. The first-order valence-corrected chi connectivity index (χ1v) is 7.82. The second-order valence-corrected chi connectivity index (χ2v) is 6.42. The van der Waals surface area contributed by atoms with Gasteiger partial charge in [0.25, 0.3) is 0 Å². The molecule has 0 saturated carbocycles. The Kier molecular flexibility index (Phi) is 4.05. The Labute approximate surface area is 129 Å². The summed E-state index contributed by atoms with van der Waals surface area (Å²) in [5.74, 6) is -0.272. The fraction of sp³-hybridized carbons (Fsp3) is 0.214. The van der Waals surface area contributed by atoms with Crippen molar-refractivity contribution in [2.75, 3.05) is 12.0 Å². The van der Waals surface area contributed by atoms with Crippen molar-refractivity contribution in [2.45, 2.75) is 13.2 Å². The number of hydrogen-bond acceptors (Lipinski definition) is 5. The molecule has 0 unspecified atom stereocenters. The van der Waals surface area contributed by atoms with Gasteiger partial charge >= 0.3 is 5.97 Å². The third kappa shape index (κ3) is 3.03. The number of nitrogens with one attached hydrogen (secondary N) is 2. The Balaban J connectivity index is 1.66. The van der Waals surface area contributed by atoms with Gasteiger partial charge in [0, 0.05) is 16.6 Å². The Morgan fingerprint density at radius 2 is 2.30 bits per heavy atom. The lowest BCUT2D eigenvalue weighted by Crippen LogP contribution is -2.26. The van der Waals surface area contributed by atoms with Gasteiger partial charge in [-0.2, -0.15) is 0 Å². The van der Waals surface area contributed by atoms with Crippen molar-refractivity contribution in [3.8, 4) is 0 Å². The molecule has 1 aliphatic heterocycles. The van der Waals surface area contributed by atoms with Crippen LogP contribution in [0.4, 0.5) is 5.00 Å². The summed E-state index contributed by atoms with van der Waals surface area (Å²) >= 11 is 4.85. The molecular formula is C14H13BrN2O2S. The number of carbonyl (C=O) groups excluding carboxylic acids is 1. The molecule has 0 bridgehead atoms. The van der Waals surface area contributed by atoms with Gasteiger partial charge < -0.3 is 10.1 Å². The molecular weight excluding hydrogens is 340 g/mol. The summed E-state index contributed by atoms with van der Waals surface area (Å²) in [6, 6.07) is 9.63. The van der Waals surface area contributed by atoms with Gasteiger partial charge in [-0.1, -0.05) is 28.1 Å². The van der Waals surface area contributed by atoms with E-state index >= 15 is 0 Å². The molecule has 2 N–H and O–H groups in total. The predicted octanol–water partition coefficient (Wildman–Crippen LogP) is 3.34. The highest BCUT2D eigenvalue weighted by molar-refractivity contribution is 9.10. The average molecular weight is 353 g/mol. The molecule has 1 aliphatic rings. The smallest absolute Gasteiger partial charge is 0.348 e. The van der Waals surface area contributed by atoms with Crippen molar-refractivity contribution in [1.29, 1.82) is 0 Å². The topological polar surface area (TPSA) is 50.4 Å². The van der Waals surface area contributed by atoms with Crippen LogP contribution in [0.15, 0.2) is 34.8 Å². The molecule has 0 fully saturated rings. The van der Waals surface area contributed by atoms with E-state index in [1.165, 1.54) is 11.3 Å². The lowest BCUT2D eigenvalue weighted by Gasteiger charge is -2.13. The summed E-state index contributed by atoms with van der Waals surface area (Å²) in [6.07, 6.45) is 0. The third-order valence-electron chi connectivity index (χ3n) is 2.96. The molecule has 2 heterocycles. The summed E-state index contributed by atoms with van der Waals surface area (Å²) in [7, 11) is 0. The van der Waals surface area contributed by atoms with Gasteiger partial charge in [-0.25, -0.2) is 4.79 Å². The van der Waals surface area contributed by atoms with E-state index in [0.717, 1.165) is 33.8 Å². The van der Waals surface area contributed by atoms with Gasteiger partial charge in [0.1, 0.15) is 11.5 Å². The van der Waals surface area contributed by atoms with Gasteiger partial charge in [-0.05, 0) is 23.8 Å². The van der Waals surface area contributed by atoms with E-state index in [1.54, 1.807) is 0 Å². The van der Waals surface area contributed by atoms with Crippen molar-refractivity contribution < 1.29 is 9.53 Å². The molecule has 104 valence electrons. The molecule has 0 atom stereocenters. The molecule has 3 rings (SSSR count). The maximum Gasteiger partial charge on any atom is 0.348 e. The lowest BCUT2D eigenvalue weighted by molar-refractivity contribution is 0.0478. The third-order valence-corrected chi connectivity index (χ3v) is 4.57. The summed E-state index contributed by atoms with van der Waals surface area (Å²) in [6.45, 7) is 1.81. The normalized spacial score (nSPS) is 13.4.